The topological polar surface area (TPSA) is 74.8 Å². The van der Waals surface area contributed by atoms with Crippen LogP contribution in [0.5, 0.6) is 0 Å². The molecule has 0 saturated heterocycles. The Kier molecular flexibility index (Phi) is 6.80. The molecule has 2 unspecified atom stereocenters. The number of thiophene rings is 1. The number of carbonyl (C=O) groups is 1. The standard InChI is InChI=1S/C21H22F3N3O2S2/c1-10-12(3)31-20-17(10)19(29)26-16(27-20)9-30-13(4)18(28)25-11(2)14-6-5-7-15(8-14)21(22,23)24/h5-8,11,13H,9H2,1-4H3,(H,25,28)(H,26,27,29). The number of fused-ring (bicyclic) bond motifs is 1. The highest BCUT2D eigenvalue weighted by atomic mass is 32.2. The van der Waals surface area contributed by atoms with Gasteiger partial charge in [-0.1, -0.05) is 12.1 Å². The van der Waals surface area contributed by atoms with E-state index in [4.69, 9.17) is 0 Å². The number of aromatic nitrogens is 2. The minimum absolute atomic E-state index is 0.197. The van der Waals surface area contributed by atoms with Gasteiger partial charge in [0.1, 0.15) is 10.7 Å². The minimum atomic E-state index is -4.44. The van der Waals surface area contributed by atoms with Crippen LogP contribution in [0.15, 0.2) is 29.1 Å². The van der Waals surface area contributed by atoms with E-state index in [0.29, 0.717) is 27.4 Å². The molecule has 0 aliphatic carbocycles. The zero-order valence-electron chi connectivity index (χ0n) is 17.4. The molecule has 10 heteroatoms. The van der Waals surface area contributed by atoms with Crippen LogP contribution < -0.4 is 10.9 Å². The van der Waals surface area contributed by atoms with Crippen molar-refractivity contribution in [1.29, 1.82) is 0 Å². The predicted molar refractivity (Wildman–Crippen MR) is 118 cm³/mol. The fourth-order valence-electron chi connectivity index (χ4n) is 3.05. The number of aromatic amines is 1. The molecule has 0 saturated carbocycles. The monoisotopic (exact) mass is 469 g/mol. The Morgan fingerprint density at radius 3 is 2.68 bits per heavy atom. The Balaban J connectivity index is 1.63. The Labute approximate surface area is 185 Å². The number of halogens is 3. The van der Waals surface area contributed by atoms with E-state index in [-0.39, 0.29) is 11.5 Å². The Bertz CT molecular complexity index is 1170. The molecule has 0 aliphatic heterocycles. The number of rotatable bonds is 6. The van der Waals surface area contributed by atoms with Crippen molar-refractivity contribution in [1.82, 2.24) is 15.3 Å². The van der Waals surface area contributed by atoms with Crippen LogP contribution in [0.1, 0.15) is 47.3 Å². The highest BCUT2D eigenvalue weighted by Gasteiger charge is 2.31. The van der Waals surface area contributed by atoms with Crippen LogP contribution in [0, 0.1) is 13.8 Å². The van der Waals surface area contributed by atoms with Crippen molar-refractivity contribution >= 4 is 39.2 Å². The fourth-order valence-corrected chi connectivity index (χ4v) is 4.86. The van der Waals surface area contributed by atoms with Crippen molar-refractivity contribution in [2.24, 2.45) is 0 Å². The molecule has 2 N–H and O–H groups in total. The summed E-state index contributed by atoms with van der Waals surface area (Å²) in [5.74, 6) is 0.503. The van der Waals surface area contributed by atoms with E-state index in [1.807, 2.05) is 13.8 Å². The average Bonchev–Trinajstić information content (AvgIpc) is 2.99. The first-order valence-corrected chi connectivity index (χ1v) is 11.4. The summed E-state index contributed by atoms with van der Waals surface area (Å²) in [6.07, 6.45) is -4.44. The Morgan fingerprint density at radius 1 is 1.29 bits per heavy atom. The van der Waals surface area contributed by atoms with Crippen molar-refractivity contribution in [2.45, 2.75) is 50.9 Å². The second-order valence-electron chi connectivity index (χ2n) is 7.28. The smallest absolute Gasteiger partial charge is 0.349 e. The zero-order chi connectivity index (χ0) is 22.9. The molecule has 0 spiro atoms. The summed E-state index contributed by atoms with van der Waals surface area (Å²) in [5, 5.41) is 2.85. The van der Waals surface area contributed by atoms with Gasteiger partial charge >= 0.3 is 6.18 Å². The van der Waals surface area contributed by atoms with Gasteiger partial charge in [0, 0.05) is 4.88 Å². The number of nitrogens with zero attached hydrogens (tertiary/aromatic N) is 1. The van der Waals surface area contributed by atoms with E-state index < -0.39 is 23.0 Å². The number of benzene rings is 1. The van der Waals surface area contributed by atoms with Crippen LogP contribution in [-0.4, -0.2) is 21.1 Å². The molecule has 2 atom stereocenters. The largest absolute Gasteiger partial charge is 0.416 e. The quantitative estimate of drug-likeness (QED) is 0.526. The molecule has 5 nitrogen and oxygen atoms in total. The van der Waals surface area contributed by atoms with Crippen LogP contribution in [0.25, 0.3) is 10.2 Å². The normalized spacial score (nSPS) is 13.9. The molecular formula is C21H22F3N3O2S2. The maximum absolute atomic E-state index is 12.9. The summed E-state index contributed by atoms with van der Waals surface area (Å²) in [6, 6.07) is 4.33. The third-order valence-corrected chi connectivity index (χ3v) is 7.26. The van der Waals surface area contributed by atoms with Gasteiger partial charge in [-0.3, -0.25) is 9.59 Å². The fraction of sp³-hybridized carbons (Fsp3) is 0.381. The van der Waals surface area contributed by atoms with Crippen LogP contribution in [0.3, 0.4) is 0 Å². The number of alkyl halides is 3. The molecule has 31 heavy (non-hydrogen) atoms. The van der Waals surface area contributed by atoms with Crippen molar-refractivity contribution in [3.63, 3.8) is 0 Å². The summed E-state index contributed by atoms with van der Waals surface area (Å²) in [6.45, 7) is 7.17. The number of carbonyl (C=O) groups excluding carboxylic acids is 1. The van der Waals surface area contributed by atoms with E-state index in [2.05, 4.69) is 15.3 Å². The molecule has 166 valence electrons. The number of H-pyrrole nitrogens is 1. The summed E-state index contributed by atoms with van der Waals surface area (Å²) in [7, 11) is 0. The Hall–Kier alpha value is -2.33. The van der Waals surface area contributed by atoms with E-state index >= 15 is 0 Å². The number of thioether (sulfide) groups is 1. The SMILES string of the molecule is Cc1sc2nc(CSC(C)C(=O)NC(C)c3cccc(C(F)(F)F)c3)[nH]c(=O)c2c1C. The molecule has 2 heterocycles. The summed E-state index contributed by atoms with van der Waals surface area (Å²) in [4.78, 5) is 33.8. The van der Waals surface area contributed by atoms with Crippen LogP contribution >= 0.6 is 23.1 Å². The van der Waals surface area contributed by atoms with E-state index in [1.54, 1.807) is 19.9 Å². The van der Waals surface area contributed by atoms with Crippen LogP contribution in [0.2, 0.25) is 0 Å². The van der Waals surface area contributed by atoms with E-state index in [0.717, 1.165) is 22.6 Å². The molecule has 0 bridgehead atoms. The average molecular weight is 470 g/mol. The van der Waals surface area contributed by atoms with Crippen LogP contribution in [-0.2, 0) is 16.7 Å². The number of hydrogen-bond donors (Lipinski definition) is 2. The first kappa shape index (κ1) is 23.3. The predicted octanol–water partition coefficient (Wildman–Crippen LogP) is 5.12. The maximum Gasteiger partial charge on any atom is 0.416 e. The molecule has 0 aliphatic rings. The lowest BCUT2D eigenvalue weighted by Gasteiger charge is -2.19. The van der Waals surface area contributed by atoms with E-state index in [9.17, 15) is 22.8 Å². The lowest BCUT2D eigenvalue weighted by atomic mass is 10.0. The van der Waals surface area contributed by atoms with Gasteiger partial charge < -0.3 is 10.3 Å². The third kappa shape index (κ3) is 5.30. The molecule has 2 aromatic heterocycles. The van der Waals surface area contributed by atoms with Gasteiger partial charge in [0.05, 0.1) is 28.0 Å². The van der Waals surface area contributed by atoms with Crippen molar-refractivity contribution in [2.75, 3.05) is 0 Å². The second-order valence-corrected chi connectivity index (χ2v) is 9.82. The summed E-state index contributed by atoms with van der Waals surface area (Å²) in [5.41, 5.74) is 0.347. The first-order chi connectivity index (χ1) is 14.5. The summed E-state index contributed by atoms with van der Waals surface area (Å²) >= 11 is 2.75. The first-order valence-electron chi connectivity index (χ1n) is 9.55. The molecule has 1 amide bonds. The number of hydrogen-bond acceptors (Lipinski definition) is 5. The number of aryl methyl sites for hydroxylation is 2. The van der Waals surface area contributed by atoms with Crippen molar-refractivity contribution < 1.29 is 18.0 Å². The molecule has 0 radical (unpaired) electrons. The van der Waals surface area contributed by atoms with Gasteiger partial charge in [-0.15, -0.1) is 23.1 Å². The highest BCUT2D eigenvalue weighted by Crippen LogP contribution is 2.31. The minimum Gasteiger partial charge on any atom is -0.349 e. The van der Waals surface area contributed by atoms with Gasteiger partial charge in [0.2, 0.25) is 5.91 Å². The number of amides is 1. The zero-order valence-corrected chi connectivity index (χ0v) is 19.0. The van der Waals surface area contributed by atoms with Gasteiger partial charge in [-0.05, 0) is 51.0 Å². The third-order valence-electron chi connectivity index (χ3n) is 5.00. The summed E-state index contributed by atoms with van der Waals surface area (Å²) < 4.78 is 38.7. The van der Waals surface area contributed by atoms with Gasteiger partial charge in [0.15, 0.2) is 0 Å². The molecule has 3 aromatic rings. The van der Waals surface area contributed by atoms with Gasteiger partial charge in [-0.2, -0.15) is 13.2 Å². The lowest BCUT2D eigenvalue weighted by molar-refractivity contribution is -0.137. The van der Waals surface area contributed by atoms with Crippen molar-refractivity contribution in [3.05, 3.63) is 62.0 Å². The highest BCUT2D eigenvalue weighted by molar-refractivity contribution is 7.99. The van der Waals surface area contributed by atoms with Gasteiger partial charge in [0.25, 0.3) is 5.56 Å². The molecule has 3 rings (SSSR count). The van der Waals surface area contributed by atoms with Gasteiger partial charge in [-0.25, -0.2) is 4.98 Å². The van der Waals surface area contributed by atoms with Crippen LogP contribution in [0.4, 0.5) is 13.2 Å². The van der Waals surface area contributed by atoms with E-state index in [1.165, 1.54) is 29.2 Å². The molecular weight excluding hydrogens is 447 g/mol. The maximum atomic E-state index is 12.9. The molecule has 0 fully saturated rings. The Morgan fingerprint density at radius 2 is 2.00 bits per heavy atom. The lowest BCUT2D eigenvalue weighted by Crippen LogP contribution is -2.33. The van der Waals surface area contributed by atoms with Crippen molar-refractivity contribution in [3.8, 4) is 0 Å². The second kappa shape index (κ2) is 9.04. The number of nitrogens with one attached hydrogen (secondary N) is 2. The molecule has 1 aromatic carbocycles.